The summed E-state index contributed by atoms with van der Waals surface area (Å²) < 4.78 is 10.4. The molecule has 25 heavy (non-hydrogen) atoms. The second-order valence-corrected chi connectivity index (χ2v) is 8.37. The molecule has 1 spiro atoms. The largest absolute Gasteiger partial charge is 0.461 e. The molecule has 1 saturated heterocycles. The third-order valence-electron chi connectivity index (χ3n) is 7.25. The lowest BCUT2D eigenvalue weighted by Gasteiger charge is -2.56. The van der Waals surface area contributed by atoms with Crippen molar-refractivity contribution in [2.75, 3.05) is 13.2 Å². The number of ether oxygens (including phenoxy) is 2. The Morgan fingerprint density at radius 2 is 2.00 bits per heavy atom. The van der Waals surface area contributed by atoms with Crippen molar-refractivity contribution >= 4 is 17.7 Å². The van der Waals surface area contributed by atoms with Crippen LogP contribution in [0, 0.1) is 22.7 Å². The van der Waals surface area contributed by atoms with Crippen LogP contribution in [0.25, 0.3) is 0 Å². The third kappa shape index (κ3) is 2.39. The van der Waals surface area contributed by atoms with Crippen LogP contribution in [0.3, 0.4) is 0 Å². The van der Waals surface area contributed by atoms with Gasteiger partial charge in [-0.05, 0) is 54.6 Å². The number of carbonyl (C=O) groups is 3. The Morgan fingerprint density at radius 1 is 1.20 bits per heavy atom. The van der Waals surface area contributed by atoms with Crippen molar-refractivity contribution in [1.29, 1.82) is 0 Å². The molecule has 0 aromatic rings. The Labute approximate surface area is 147 Å². The van der Waals surface area contributed by atoms with Gasteiger partial charge in [-0.3, -0.25) is 4.79 Å². The number of allylic oxidation sites excluding steroid dienone is 1. The highest BCUT2D eigenvalue weighted by molar-refractivity contribution is 6.03. The van der Waals surface area contributed by atoms with Gasteiger partial charge in [0.05, 0.1) is 5.57 Å². The van der Waals surface area contributed by atoms with Crippen molar-refractivity contribution in [3.63, 3.8) is 0 Å². The van der Waals surface area contributed by atoms with Gasteiger partial charge in [0, 0.05) is 17.9 Å². The fourth-order valence-corrected chi connectivity index (χ4v) is 5.46. The summed E-state index contributed by atoms with van der Waals surface area (Å²) in [6, 6.07) is 0. The van der Waals surface area contributed by atoms with Crippen LogP contribution in [-0.2, 0) is 23.9 Å². The van der Waals surface area contributed by atoms with Crippen LogP contribution in [0.2, 0.25) is 0 Å². The zero-order valence-corrected chi connectivity index (χ0v) is 14.8. The summed E-state index contributed by atoms with van der Waals surface area (Å²) in [6.45, 7) is 5.28. The number of hydrogen-bond donors (Lipinski definition) is 0. The SMILES string of the molecule is C[C@H]1CC[C@@]23COC(=O)C2=CC(=O)C[C@H]3[C@]1(C)CCC1=CC(=O)OC1. The van der Waals surface area contributed by atoms with E-state index in [1.54, 1.807) is 6.08 Å². The minimum atomic E-state index is -0.313. The maximum Gasteiger partial charge on any atom is 0.334 e. The molecule has 2 fully saturated rings. The fourth-order valence-electron chi connectivity index (χ4n) is 5.46. The molecule has 1 saturated carbocycles. The molecule has 4 rings (SSSR count). The van der Waals surface area contributed by atoms with Crippen molar-refractivity contribution in [2.24, 2.45) is 22.7 Å². The summed E-state index contributed by atoms with van der Waals surface area (Å²) in [4.78, 5) is 35.8. The minimum absolute atomic E-state index is 0.0355. The van der Waals surface area contributed by atoms with E-state index >= 15 is 0 Å². The first-order chi connectivity index (χ1) is 11.8. The van der Waals surface area contributed by atoms with Crippen molar-refractivity contribution in [2.45, 2.75) is 46.0 Å². The van der Waals surface area contributed by atoms with E-state index < -0.39 is 0 Å². The molecular weight excluding hydrogens is 320 g/mol. The van der Waals surface area contributed by atoms with Gasteiger partial charge < -0.3 is 9.47 Å². The highest BCUT2D eigenvalue weighted by Crippen LogP contribution is 2.63. The Bertz CT molecular complexity index is 718. The van der Waals surface area contributed by atoms with E-state index in [1.165, 1.54) is 6.08 Å². The lowest BCUT2D eigenvalue weighted by atomic mass is 9.46. The molecule has 134 valence electrons. The maximum absolute atomic E-state index is 12.3. The molecule has 4 aliphatic rings. The molecule has 5 heteroatoms. The van der Waals surface area contributed by atoms with Crippen LogP contribution in [0.4, 0.5) is 0 Å². The Hall–Kier alpha value is -1.91. The van der Waals surface area contributed by atoms with Crippen LogP contribution < -0.4 is 0 Å². The average Bonchev–Trinajstić information content (AvgIpc) is 3.14. The van der Waals surface area contributed by atoms with Gasteiger partial charge in [-0.25, -0.2) is 9.59 Å². The summed E-state index contributed by atoms with van der Waals surface area (Å²) in [5, 5.41) is 0. The fraction of sp³-hybridized carbons (Fsp3) is 0.650. The topological polar surface area (TPSA) is 69.7 Å². The van der Waals surface area contributed by atoms with Crippen molar-refractivity contribution in [3.05, 3.63) is 23.3 Å². The summed E-state index contributed by atoms with van der Waals surface area (Å²) in [7, 11) is 0. The van der Waals surface area contributed by atoms with Gasteiger partial charge >= 0.3 is 11.9 Å². The number of rotatable bonds is 3. The van der Waals surface area contributed by atoms with E-state index in [9.17, 15) is 14.4 Å². The predicted molar refractivity (Wildman–Crippen MR) is 89.4 cm³/mol. The highest BCUT2D eigenvalue weighted by Gasteiger charge is 2.61. The zero-order valence-electron chi connectivity index (χ0n) is 14.8. The van der Waals surface area contributed by atoms with E-state index in [0.29, 0.717) is 31.1 Å². The second kappa shape index (κ2) is 5.55. The monoisotopic (exact) mass is 344 g/mol. The average molecular weight is 344 g/mol. The first-order valence-electron chi connectivity index (χ1n) is 9.13. The van der Waals surface area contributed by atoms with E-state index in [2.05, 4.69) is 13.8 Å². The molecule has 5 nitrogen and oxygen atoms in total. The Kier molecular flexibility index (Phi) is 3.67. The van der Waals surface area contributed by atoms with Gasteiger partial charge in [0.25, 0.3) is 0 Å². The maximum atomic E-state index is 12.3. The molecule has 0 radical (unpaired) electrons. The van der Waals surface area contributed by atoms with E-state index in [-0.39, 0.29) is 34.5 Å². The van der Waals surface area contributed by atoms with Crippen LogP contribution in [-0.4, -0.2) is 30.9 Å². The van der Waals surface area contributed by atoms with Crippen LogP contribution in [0.5, 0.6) is 0 Å². The van der Waals surface area contributed by atoms with Crippen LogP contribution >= 0.6 is 0 Å². The molecule has 0 bridgehead atoms. The number of hydrogen-bond acceptors (Lipinski definition) is 5. The molecule has 4 atom stereocenters. The summed E-state index contributed by atoms with van der Waals surface area (Å²) in [6.07, 6.45) is 7.21. The minimum Gasteiger partial charge on any atom is -0.461 e. The van der Waals surface area contributed by atoms with Crippen LogP contribution in [0.15, 0.2) is 23.3 Å². The van der Waals surface area contributed by atoms with E-state index in [0.717, 1.165) is 31.3 Å². The first kappa shape index (κ1) is 16.6. The predicted octanol–water partition coefficient (Wildman–Crippen LogP) is 2.74. The Morgan fingerprint density at radius 3 is 2.72 bits per heavy atom. The standard InChI is InChI=1S/C20H24O5/c1-12-3-6-20-11-25-18(23)15(20)8-14(21)9-16(20)19(12,2)5-4-13-7-17(22)24-10-13/h7-8,12,16H,3-6,9-11H2,1-2H3/t12-,16-,19+,20+/m0/s1. The summed E-state index contributed by atoms with van der Waals surface area (Å²) >= 11 is 0. The molecule has 0 aromatic heterocycles. The van der Waals surface area contributed by atoms with Crippen molar-refractivity contribution in [1.82, 2.24) is 0 Å². The number of carbonyl (C=O) groups excluding carboxylic acids is 3. The lowest BCUT2D eigenvalue weighted by molar-refractivity contribution is -0.136. The smallest absolute Gasteiger partial charge is 0.334 e. The molecule has 0 amide bonds. The van der Waals surface area contributed by atoms with Gasteiger partial charge in [0.2, 0.25) is 0 Å². The quantitative estimate of drug-likeness (QED) is 0.736. The van der Waals surface area contributed by atoms with Gasteiger partial charge in [0.1, 0.15) is 13.2 Å². The van der Waals surface area contributed by atoms with Gasteiger partial charge in [-0.1, -0.05) is 13.8 Å². The number of ketones is 1. The van der Waals surface area contributed by atoms with E-state index in [4.69, 9.17) is 9.47 Å². The summed E-state index contributed by atoms with van der Waals surface area (Å²) in [5.41, 5.74) is 1.25. The second-order valence-electron chi connectivity index (χ2n) is 8.37. The molecule has 2 heterocycles. The van der Waals surface area contributed by atoms with Gasteiger partial charge in [0.15, 0.2) is 5.78 Å². The molecule has 0 N–H and O–H groups in total. The first-order valence-corrected chi connectivity index (χ1v) is 9.13. The molecular formula is C20H24O5. The van der Waals surface area contributed by atoms with Crippen molar-refractivity contribution < 1.29 is 23.9 Å². The number of cyclic esters (lactones) is 2. The Balaban J connectivity index is 1.66. The van der Waals surface area contributed by atoms with E-state index in [1.807, 2.05) is 0 Å². The van der Waals surface area contributed by atoms with Gasteiger partial charge in [-0.2, -0.15) is 0 Å². The highest BCUT2D eigenvalue weighted by atomic mass is 16.5. The zero-order chi connectivity index (χ0) is 17.8. The van der Waals surface area contributed by atoms with Crippen LogP contribution in [0.1, 0.15) is 46.0 Å². The molecule has 0 aromatic carbocycles. The number of esters is 2. The van der Waals surface area contributed by atoms with Gasteiger partial charge in [-0.15, -0.1) is 0 Å². The summed E-state index contributed by atoms with van der Waals surface area (Å²) in [5.74, 6) is 0.0212. The van der Waals surface area contributed by atoms with Crippen molar-refractivity contribution in [3.8, 4) is 0 Å². The molecule has 2 aliphatic carbocycles. The normalized spacial score (nSPS) is 40.0. The molecule has 2 aliphatic heterocycles. The molecule has 0 unspecified atom stereocenters. The third-order valence-corrected chi connectivity index (χ3v) is 7.25. The lowest BCUT2D eigenvalue weighted by Crippen LogP contribution is -2.52.